The standard InChI is InChI=1S/C21H20BrN5O2S/c1-3-12-27-19(15-4-8-16(22)9-5-15)25-26-21(27)30-13(2)20(29)24-17-10-6-14(7-11-17)18(23)28/h3-11,13H,1,12H2,2H3,(H2,23,28)(H,24,29). The van der Waals surface area contributed by atoms with Gasteiger partial charge >= 0.3 is 0 Å². The maximum atomic E-state index is 12.6. The minimum absolute atomic E-state index is 0.190. The molecule has 1 atom stereocenters. The fourth-order valence-corrected chi connectivity index (χ4v) is 3.78. The third kappa shape index (κ3) is 5.17. The summed E-state index contributed by atoms with van der Waals surface area (Å²) < 4.78 is 2.90. The van der Waals surface area contributed by atoms with E-state index in [2.05, 4.69) is 38.0 Å². The summed E-state index contributed by atoms with van der Waals surface area (Å²) in [6, 6.07) is 14.2. The molecular formula is C21H20BrN5O2S. The predicted molar refractivity (Wildman–Crippen MR) is 122 cm³/mol. The molecule has 0 spiro atoms. The summed E-state index contributed by atoms with van der Waals surface area (Å²) in [5.41, 5.74) is 7.12. The van der Waals surface area contributed by atoms with Crippen LogP contribution in [0.15, 0.2) is 70.8 Å². The monoisotopic (exact) mass is 485 g/mol. The van der Waals surface area contributed by atoms with E-state index in [9.17, 15) is 9.59 Å². The van der Waals surface area contributed by atoms with Crippen LogP contribution in [0, 0.1) is 0 Å². The van der Waals surface area contributed by atoms with Crippen LogP contribution >= 0.6 is 27.7 Å². The zero-order chi connectivity index (χ0) is 21.7. The number of thioether (sulfide) groups is 1. The van der Waals surface area contributed by atoms with Gasteiger partial charge in [0.15, 0.2) is 11.0 Å². The summed E-state index contributed by atoms with van der Waals surface area (Å²) in [5, 5.41) is 11.6. The van der Waals surface area contributed by atoms with Crippen molar-refractivity contribution < 1.29 is 9.59 Å². The van der Waals surface area contributed by atoms with E-state index in [1.807, 2.05) is 28.8 Å². The maximum absolute atomic E-state index is 12.6. The Morgan fingerprint density at radius 1 is 1.20 bits per heavy atom. The topological polar surface area (TPSA) is 103 Å². The Labute approximate surface area is 186 Å². The molecule has 154 valence electrons. The highest BCUT2D eigenvalue weighted by molar-refractivity contribution is 9.10. The number of nitrogens with zero attached hydrogens (tertiary/aromatic N) is 3. The van der Waals surface area contributed by atoms with Crippen LogP contribution in [0.5, 0.6) is 0 Å². The molecule has 0 radical (unpaired) electrons. The molecule has 1 heterocycles. The maximum Gasteiger partial charge on any atom is 0.248 e. The first kappa shape index (κ1) is 21.8. The number of hydrogen-bond acceptors (Lipinski definition) is 5. The van der Waals surface area contributed by atoms with E-state index in [1.165, 1.54) is 11.8 Å². The molecule has 2 amide bonds. The molecule has 0 saturated carbocycles. The Kier molecular flexibility index (Phi) is 7.07. The van der Waals surface area contributed by atoms with Crippen molar-refractivity contribution in [3.8, 4) is 11.4 Å². The Morgan fingerprint density at radius 3 is 2.47 bits per heavy atom. The van der Waals surface area contributed by atoms with Crippen molar-refractivity contribution in [1.82, 2.24) is 14.8 Å². The molecule has 3 aromatic rings. The molecule has 0 aliphatic rings. The molecule has 0 fully saturated rings. The average molecular weight is 486 g/mol. The normalized spacial score (nSPS) is 11.7. The summed E-state index contributed by atoms with van der Waals surface area (Å²) in [5.74, 6) is 0.00431. The smallest absolute Gasteiger partial charge is 0.248 e. The van der Waals surface area contributed by atoms with Crippen LogP contribution in [0.3, 0.4) is 0 Å². The van der Waals surface area contributed by atoms with E-state index in [0.717, 1.165) is 10.0 Å². The van der Waals surface area contributed by atoms with Crippen LogP contribution in [-0.2, 0) is 11.3 Å². The number of nitrogens with two attached hydrogens (primary N) is 1. The second kappa shape index (κ2) is 9.73. The van der Waals surface area contributed by atoms with Crippen LogP contribution in [0.2, 0.25) is 0 Å². The van der Waals surface area contributed by atoms with E-state index in [4.69, 9.17) is 5.73 Å². The second-order valence-electron chi connectivity index (χ2n) is 6.40. The number of halogens is 1. The highest BCUT2D eigenvalue weighted by Crippen LogP contribution is 2.28. The molecule has 0 bridgehead atoms. The summed E-state index contributed by atoms with van der Waals surface area (Å²) in [6.45, 7) is 6.12. The molecular weight excluding hydrogens is 466 g/mol. The Bertz CT molecular complexity index is 1060. The Balaban J connectivity index is 1.74. The van der Waals surface area contributed by atoms with Gasteiger partial charge in [0.05, 0.1) is 5.25 Å². The molecule has 1 unspecified atom stereocenters. The molecule has 30 heavy (non-hydrogen) atoms. The van der Waals surface area contributed by atoms with E-state index < -0.39 is 11.2 Å². The first-order chi connectivity index (χ1) is 14.4. The van der Waals surface area contributed by atoms with Crippen LogP contribution in [-0.4, -0.2) is 31.8 Å². The number of rotatable bonds is 8. The molecule has 0 aliphatic heterocycles. The lowest BCUT2D eigenvalue weighted by Gasteiger charge is -2.13. The number of primary amides is 1. The van der Waals surface area contributed by atoms with Gasteiger partial charge in [0, 0.05) is 27.8 Å². The number of nitrogens with one attached hydrogen (secondary N) is 1. The minimum Gasteiger partial charge on any atom is -0.366 e. The number of carbonyl (C=O) groups excluding carboxylic acids is 2. The second-order valence-corrected chi connectivity index (χ2v) is 8.63. The van der Waals surface area contributed by atoms with Crippen molar-refractivity contribution in [3.63, 3.8) is 0 Å². The quantitative estimate of drug-likeness (QED) is 0.369. The van der Waals surface area contributed by atoms with Gasteiger partial charge in [-0.1, -0.05) is 45.9 Å². The Morgan fingerprint density at radius 2 is 1.87 bits per heavy atom. The van der Waals surface area contributed by atoms with Crippen molar-refractivity contribution >= 4 is 45.2 Å². The zero-order valence-corrected chi connectivity index (χ0v) is 18.6. The van der Waals surface area contributed by atoms with Crippen molar-refractivity contribution in [2.24, 2.45) is 5.73 Å². The van der Waals surface area contributed by atoms with Gasteiger partial charge in [0.25, 0.3) is 0 Å². The molecule has 0 aliphatic carbocycles. The highest BCUT2D eigenvalue weighted by atomic mass is 79.9. The average Bonchev–Trinajstić information content (AvgIpc) is 3.11. The molecule has 3 N–H and O–H groups in total. The Hall–Kier alpha value is -2.91. The van der Waals surface area contributed by atoms with Gasteiger partial charge in [0.1, 0.15) is 0 Å². The molecule has 2 aromatic carbocycles. The molecule has 7 nitrogen and oxygen atoms in total. The number of carbonyl (C=O) groups is 2. The molecule has 0 saturated heterocycles. The van der Waals surface area contributed by atoms with Gasteiger partial charge in [-0.05, 0) is 43.3 Å². The number of hydrogen-bond donors (Lipinski definition) is 2. The summed E-state index contributed by atoms with van der Waals surface area (Å²) in [4.78, 5) is 23.8. The van der Waals surface area contributed by atoms with E-state index in [0.29, 0.717) is 28.8 Å². The minimum atomic E-state index is -0.514. The van der Waals surface area contributed by atoms with Crippen molar-refractivity contribution in [2.75, 3.05) is 5.32 Å². The molecule has 9 heteroatoms. The van der Waals surface area contributed by atoms with Gasteiger partial charge in [-0.2, -0.15) is 0 Å². The molecule has 3 rings (SSSR count). The summed E-state index contributed by atoms with van der Waals surface area (Å²) in [7, 11) is 0. The van der Waals surface area contributed by atoms with Crippen LogP contribution in [0.25, 0.3) is 11.4 Å². The van der Waals surface area contributed by atoms with Crippen LogP contribution in [0.1, 0.15) is 17.3 Å². The van der Waals surface area contributed by atoms with Gasteiger partial charge < -0.3 is 11.1 Å². The van der Waals surface area contributed by atoms with Gasteiger partial charge in [-0.25, -0.2) is 0 Å². The third-order valence-corrected chi connectivity index (χ3v) is 5.83. The van der Waals surface area contributed by atoms with E-state index >= 15 is 0 Å². The highest BCUT2D eigenvalue weighted by Gasteiger charge is 2.20. The number of benzene rings is 2. The lowest BCUT2D eigenvalue weighted by Crippen LogP contribution is -2.23. The third-order valence-electron chi connectivity index (χ3n) is 4.22. The van der Waals surface area contributed by atoms with Crippen LogP contribution in [0.4, 0.5) is 5.69 Å². The predicted octanol–water partition coefficient (Wildman–Crippen LogP) is 4.11. The lowest BCUT2D eigenvalue weighted by atomic mass is 10.2. The molecule has 1 aromatic heterocycles. The van der Waals surface area contributed by atoms with Crippen molar-refractivity contribution in [1.29, 1.82) is 0 Å². The zero-order valence-electron chi connectivity index (χ0n) is 16.2. The van der Waals surface area contributed by atoms with Gasteiger partial charge in [0.2, 0.25) is 11.8 Å². The lowest BCUT2D eigenvalue weighted by molar-refractivity contribution is -0.115. The number of amides is 2. The largest absolute Gasteiger partial charge is 0.366 e. The number of anilines is 1. The van der Waals surface area contributed by atoms with Crippen molar-refractivity contribution in [3.05, 3.63) is 71.2 Å². The van der Waals surface area contributed by atoms with E-state index in [-0.39, 0.29) is 5.91 Å². The fourth-order valence-electron chi connectivity index (χ4n) is 2.66. The summed E-state index contributed by atoms with van der Waals surface area (Å²) >= 11 is 4.74. The van der Waals surface area contributed by atoms with Crippen LogP contribution < -0.4 is 11.1 Å². The number of allylic oxidation sites excluding steroid dienone is 1. The van der Waals surface area contributed by atoms with Gasteiger partial charge in [-0.15, -0.1) is 16.8 Å². The van der Waals surface area contributed by atoms with Crippen molar-refractivity contribution in [2.45, 2.75) is 23.9 Å². The fraction of sp³-hybridized carbons (Fsp3) is 0.143. The van der Waals surface area contributed by atoms with Gasteiger partial charge in [-0.3, -0.25) is 14.2 Å². The SMILES string of the molecule is C=CCn1c(SC(C)C(=O)Nc2ccc(C(N)=O)cc2)nnc1-c1ccc(Br)cc1. The first-order valence-corrected chi connectivity index (χ1v) is 10.7. The summed E-state index contributed by atoms with van der Waals surface area (Å²) in [6.07, 6.45) is 1.76. The van der Waals surface area contributed by atoms with E-state index in [1.54, 1.807) is 37.3 Å². The first-order valence-electron chi connectivity index (χ1n) is 9.06. The number of aromatic nitrogens is 3.